The van der Waals surface area contributed by atoms with E-state index in [0.29, 0.717) is 11.3 Å². The first-order valence-corrected chi connectivity index (χ1v) is 5.10. The molecule has 0 spiro atoms. The first-order valence-electron chi connectivity index (χ1n) is 4.31. The molecule has 1 aromatic carbocycles. The molecular weight excluding hydrogens is 258 g/mol. The summed E-state index contributed by atoms with van der Waals surface area (Å²) in [5, 5.41) is 14.2. The van der Waals surface area contributed by atoms with Crippen LogP contribution in [0.25, 0.3) is 0 Å². The summed E-state index contributed by atoms with van der Waals surface area (Å²) in [6, 6.07) is 7.14. The number of nitrogens with zero attached hydrogens (tertiary/aromatic N) is 1. The van der Waals surface area contributed by atoms with Crippen molar-refractivity contribution in [3.63, 3.8) is 0 Å². The number of carbonyl (C=O) groups is 1. The summed E-state index contributed by atoms with van der Waals surface area (Å²) in [5.41, 5.74) is 0.967. The topological polar surface area (TPSA) is 64.9 Å². The van der Waals surface area contributed by atoms with Crippen LogP contribution in [0.1, 0.15) is 5.56 Å². The molecular formula is C10H10BrN3O. The van der Waals surface area contributed by atoms with Crippen LogP contribution >= 0.6 is 15.9 Å². The number of nitrogens with one attached hydrogen (secondary N) is 2. The third-order valence-corrected chi connectivity index (χ3v) is 2.21. The van der Waals surface area contributed by atoms with Gasteiger partial charge in [0, 0.05) is 4.47 Å². The molecule has 0 atom stereocenters. The monoisotopic (exact) mass is 267 g/mol. The quantitative estimate of drug-likeness (QED) is 0.872. The number of halogens is 1. The van der Waals surface area contributed by atoms with Crippen LogP contribution in [-0.2, 0) is 4.79 Å². The average molecular weight is 268 g/mol. The molecule has 0 aliphatic rings. The molecule has 0 saturated carbocycles. The number of anilines is 1. The van der Waals surface area contributed by atoms with Gasteiger partial charge in [-0.05, 0) is 25.2 Å². The van der Waals surface area contributed by atoms with Crippen LogP contribution in [0.2, 0.25) is 0 Å². The SMILES string of the molecule is CNCC(=O)Nc1ccc(Br)cc1C#N. The zero-order valence-electron chi connectivity index (χ0n) is 8.17. The molecule has 1 aromatic rings. The smallest absolute Gasteiger partial charge is 0.238 e. The first-order chi connectivity index (χ1) is 7.17. The number of nitriles is 1. The van der Waals surface area contributed by atoms with E-state index in [0.717, 1.165) is 4.47 Å². The Morgan fingerprint density at radius 2 is 2.33 bits per heavy atom. The van der Waals surface area contributed by atoms with Gasteiger partial charge in [-0.2, -0.15) is 5.26 Å². The average Bonchev–Trinajstić information content (AvgIpc) is 2.21. The summed E-state index contributed by atoms with van der Waals surface area (Å²) in [5.74, 6) is -0.170. The van der Waals surface area contributed by atoms with E-state index in [1.807, 2.05) is 6.07 Å². The van der Waals surface area contributed by atoms with Crippen LogP contribution in [0.15, 0.2) is 22.7 Å². The largest absolute Gasteiger partial charge is 0.324 e. The van der Waals surface area contributed by atoms with Crippen LogP contribution in [0.5, 0.6) is 0 Å². The van der Waals surface area contributed by atoms with Crippen LogP contribution in [0.3, 0.4) is 0 Å². The van der Waals surface area contributed by atoms with E-state index in [-0.39, 0.29) is 12.5 Å². The predicted molar refractivity (Wildman–Crippen MR) is 61.4 cm³/mol. The molecule has 0 saturated heterocycles. The Hall–Kier alpha value is -1.38. The number of likely N-dealkylation sites (N-methyl/N-ethyl adjacent to an activating group) is 1. The molecule has 0 bridgehead atoms. The number of benzene rings is 1. The van der Waals surface area contributed by atoms with Crippen molar-refractivity contribution in [2.45, 2.75) is 0 Å². The van der Waals surface area contributed by atoms with Crippen LogP contribution < -0.4 is 10.6 Å². The van der Waals surface area contributed by atoms with Crippen molar-refractivity contribution in [2.75, 3.05) is 18.9 Å². The second-order valence-electron chi connectivity index (χ2n) is 2.88. The minimum absolute atomic E-state index is 0.170. The fourth-order valence-corrected chi connectivity index (χ4v) is 1.43. The van der Waals surface area contributed by atoms with Gasteiger partial charge in [-0.15, -0.1) is 0 Å². The van der Waals surface area contributed by atoms with E-state index >= 15 is 0 Å². The summed E-state index contributed by atoms with van der Waals surface area (Å²) < 4.78 is 0.811. The van der Waals surface area contributed by atoms with Crippen molar-refractivity contribution in [3.8, 4) is 6.07 Å². The highest BCUT2D eigenvalue weighted by Crippen LogP contribution is 2.19. The molecule has 0 heterocycles. The van der Waals surface area contributed by atoms with E-state index in [1.54, 1.807) is 25.2 Å². The summed E-state index contributed by atoms with van der Waals surface area (Å²) in [6.45, 7) is 0.223. The molecule has 0 fully saturated rings. The van der Waals surface area contributed by atoms with Crippen molar-refractivity contribution in [2.24, 2.45) is 0 Å². The molecule has 0 radical (unpaired) electrons. The summed E-state index contributed by atoms with van der Waals surface area (Å²) in [6.07, 6.45) is 0. The predicted octanol–water partition coefficient (Wildman–Crippen LogP) is 1.48. The molecule has 0 aromatic heterocycles. The lowest BCUT2D eigenvalue weighted by molar-refractivity contribution is -0.115. The van der Waals surface area contributed by atoms with E-state index in [4.69, 9.17) is 5.26 Å². The van der Waals surface area contributed by atoms with Crippen LogP contribution in [0.4, 0.5) is 5.69 Å². The second kappa shape index (κ2) is 5.49. The highest BCUT2D eigenvalue weighted by atomic mass is 79.9. The number of hydrogen-bond acceptors (Lipinski definition) is 3. The lowest BCUT2D eigenvalue weighted by Gasteiger charge is -2.06. The standard InChI is InChI=1S/C10H10BrN3O/c1-13-6-10(15)14-9-3-2-8(11)4-7(9)5-12/h2-4,13H,6H2,1H3,(H,14,15). The highest BCUT2D eigenvalue weighted by Gasteiger charge is 2.05. The molecule has 0 unspecified atom stereocenters. The van der Waals surface area contributed by atoms with Gasteiger partial charge in [0.2, 0.25) is 5.91 Å². The summed E-state index contributed by atoms with van der Waals surface area (Å²) >= 11 is 3.26. The Morgan fingerprint density at radius 3 is 2.93 bits per heavy atom. The molecule has 0 aliphatic heterocycles. The lowest BCUT2D eigenvalue weighted by Crippen LogP contribution is -2.25. The molecule has 2 N–H and O–H groups in total. The number of hydrogen-bond donors (Lipinski definition) is 2. The van der Waals surface area contributed by atoms with Gasteiger partial charge in [0.15, 0.2) is 0 Å². The van der Waals surface area contributed by atoms with E-state index in [9.17, 15) is 4.79 Å². The molecule has 1 rings (SSSR count). The fourth-order valence-electron chi connectivity index (χ4n) is 1.07. The third kappa shape index (κ3) is 3.35. The number of amides is 1. The van der Waals surface area contributed by atoms with Gasteiger partial charge >= 0.3 is 0 Å². The van der Waals surface area contributed by atoms with E-state index < -0.39 is 0 Å². The summed E-state index contributed by atoms with van der Waals surface area (Å²) in [7, 11) is 1.69. The molecule has 5 heteroatoms. The van der Waals surface area contributed by atoms with Crippen molar-refractivity contribution in [1.29, 1.82) is 5.26 Å². The van der Waals surface area contributed by atoms with E-state index in [1.165, 1.54) is 0 Å². The molecule has 0 aliphatic carbocycles. The number of rotatable bonds is 3. The van der Waals surface area contributed by atoms with Gasteiger partial charge in [-0.3, -0.25) is 4.79 Å². The summed E-state index contributed by atoms with van der Waals surface area (Å²) in [4.78, 5) is 11.3. The molecule has 78 valence electrons. The third-order valence-electron chi connectivity index (χ3n) is 1.71. The number of carbonyl (C=O) groups excluding carboxylic acids is 1. The first kappa shape index (κ1) is 11.7. The van der Waals surface area contributed by atoms with Gasteiger partial charge in [-0.1, -0.05) is 15.9 Å². The zero-order chi connectivity index (χ0) is 11.3. The maximum Gasteiger partial charge on any atom is 0.238 e. The Labute approximate surface area is 96.4 Å². The Balaban J connectivity index is 2.86. The van der Waals surface area contributed by atoms with Gasteiger partial charge in [0.05, 0.1) is 17.8 Å². The van der Waals surface area contributed by atoms with Crippen LogP contribution in [0, 0.1) is 11.3 Å². The van der Waals surface area contributed by atoms with Crippen LogP contribution in [-0.4, -0.2) is 19.5 Å². The van der Waals surface area contributed by atoms with Gasteiger partial charge < -0.3 is 10.6 Å². The Morgan fingerprint density at radius 1 is 1.60 bits per heavy atom. The Kier molecular flexibility index (Phi) is 4.28. The normalized spacial score (nSPS) is 9.40. The minimum atomic E-state index is -0.170. The highest BCUT2D eigenvalue weighted by molar-refractivity contribution is 9.10. The maximum atomic E-state index is 11.3. The molecule has 1 amide bonds. The zero-order valence-corrected chi connectivity index (χ0v) is 9.76. The van der Waals surface area contributed by atoms with Crippen molar-refractivity contribution in [3.05, 3.63) is 28.2 Å². The molecule has 4 nitrogen and oxygen atoms in total. The van der Waals surface area contributed by atoms with Gasteiger partial charge in [0.1, 0.15) is 6.07 Å². The molecule has 15 heavy (non-hydrogen) atoms. The lowest BCUT2D eigenvalue weighted by atomic mass is 10.2. The maximum absolute atomic E-state index is 11.3. The fraction of sp³-hybridized carbons (Fsp3) is 0.200. The van der Waals surface area contributed by atoms with Gasteiger partial charge in [-0.25, -0.2) is 0 Å². The van der Waals surface area contributed by atoms with Gasteiger partial charge in [0.25, 0.3) is 0 Å². The van der Waals surface area contributed by atoms with Crippen molar-refractivity contribution >= 4 is 27.5 Å². The van der Waals surface area contributed by atoms with Crippen molar-refractivity contribution in [1.82, 2.24) is 5.32 Å². The Bertz CT molecular complexity index is 412. The van der Waals surface area contributed by atoms with Crippen molar-refractivity contribution < 1.29 is 4.79 Å². The minimum Gasteiger partial charge on any atom is -0.324 e. The van der Waals surface area contributed by atoms with E-state index in [2.05, 4.69) is 26.6 Å². The second-order valence-corrected chi connectivity index (χ2v) is 3.80.